The van der Waals surface area contributed by atoms with Crippen LogP contribution >= 0.6 is 0 Å². The zero-order valence-electron chi connectivity index (χ0n) is 16.3. The Bertz CT molecular complexity index is 708. The summed E-state index contributed by atoms with van der Waals surface area (Å²) in [6.45, 7) is 4.56. The Morgan fingerprint density at radius 3 is 1.65 bits per heavy atom. The van der Waals surface area contributed by atoms with Gasteiger partial charge in [0.05, 0.1) is 0 Å². The molecular formula is C22H34O3S. The van der Waals surface area contributed by atoms with E-state index in [0.717, 1.165) is 5.39 Å². The van der Waals surface area contributed by atoms with Crippen LogP contribution in [0.4, 0.5) is 0 Å². The fraction of sp³-hybridized carbons (Fsp3) is 0.545. The van der Waals surface area contributed by atoms with Crippen molar-refractivity contribution >= 4 is 20.9 Å². The predicted octanol–water partition coefficient (Wildman–Crippen LogP) is 7.01. The van der Waals surface area contributed by atoms with E-state index in [-0.39, 0.29) is 4.90 Å². The SMILES string of the molecule is CCCCCCCCCCCC.O=S(=O)(O)c1cccc2ccccc12. The van der Waals surface area contributed by atoms with Gasteiger partial charge < -0.3 is 0 Å². The third-order valence-electron chi connectivity index (χ3n) is 4.48. The first-order valence-electron chi connectivity index (χ1n) is 9.96. The summed E-state index contributed by atoms with van der Waals surface area (Å²) in [6, 6.07) is 11.8. The Morgan fingerprint density at radius 2 is 1.15 bits per heavy atom. The second-order valence-corrected chi connectivity index (χ2v) is 8.17. The van der Waals surface area contributed by atoms with Crippen LogP contribution in [0.3, 0.4) is 0 Å². The number of benzene rings is 2. The minimum absolute atomic E-state index is 0.0457. The van der Waals surface area contributed by atoms with Crippen LogP contribution in [0.5, 0.6) is 0 Å². The average Bonchev–Trinajstić information content (AvgIpc) is 2.63. The molecule has 0 unspecified atom stereocenters. The first-order chi connectivity index (χ1) is 12.5. The van der Waals surface area contributed by atoms with Gasteiger partial charge in [-0.05, 0) is 11.5 Å². The highest BCUT2D eigenvalue weighted by atomic mass is 32.2. The third kappa shape index (κ3) is 8.81. The van der Waals surface area contributed by atoms with Crippen LogP contribution in [-0.2, 0) is 10.1 Å². The van der Waals surface area contributed by atoms with Crippen molar-refractivity contribution < 1.29 is 13.0 Å². The van der Waals surface area contributed by atoms with Crippen molar-refractivity contribution in [1.29, 1.82) is 0 Å². The summed E-state index contributed by atoms with van der Waals surface area (Å²) in [6.07, 6.45) is 14.4. The number of hydrogen-bond acceptors (Lipinski definition) is 2. The third-order valence-corrected chi connectivity index (χ3v) is 5.40. The molecule has 0 heterocycles. The van der Waals surface area contributed by atoms with Crippen molar-refractivity contribution in [3.05, 3.63) is 42.5 Å². The molecule has 0 amide bonds. The first kappa shape index (κ1) is 22.7. The molecule has 0 bridgehead atoms. The Labute approximate surface area is 159 Å². The monoisotopic (exact) mass is 378 g/mol. The highest BCUT2D eigenvalue weighted by Crippen LogP contribution is 2.22. The minimum atomic E-state index is -4.13. The lowest BCUT2D eigenvalue weighted by Gasteiger charge is -2.02. The maximum atomic E-state index is 11.0. The largest absolute Gasteiger partial charge is 0.295 e. The fourth-order valence-corrected chi connectivity index (χ4v) is 3.70. The first-order valence-corrected chi connectivity index (χ1v) is 11.4. The summed E-state index contributed by atoms with van der Waals surface area (Å²) in [4.78, 5) is -0.0457. The van der Waals surface area contributed by atoms with Crippen LogP contribution in [0.15, 0.2) is 47.4 Å². The molecule has 26 heavy (non-hydrogen) atoms. The van der Waals surface area contributed by atoms with E-state index in [9.17, 15) is 8.42 Å². The van der Waals surface area contributed by atoms with Crippen LogP contribution in [0.1, 0.15) is 78.1 Å². The summed E-state index contributed by atoms with van der Waals surface area (Å²) >= 11 is 0. The van der Waals surface area contributed by atoms with E-state index < -0.39 is 10.1 Å². The average molecular weight is 379 g/mol. The van der Waals surface area contributed by atoms with Crippen LogP contribution in [-0.4, -0.2) is 13.0 Å². The standard InChI is InChI=1S/C12H26.C10H8O3S/c1-3-5-7-9-11-12-10-8-6-4-2;11-14(12,13)10-7-3-5-8-4-1-2-6-9(8)10/h3-12H2,1-2H3;1-7H,(H,11,12,13). The molecule has 3 nitrogen and oxygen atoms in total. The smallest absolute Gasteiger partial charge is 0.282 e. The summed E-state index contributed by atoms with van der Waals surface area (Å²) in [7, 11) is -4.13. The Kier molecular flexibility index (Phi) is 11.2. The second kappa shape index (κ2) is 12.9. The van der Waals surface area contributed by atoms with Gasteiger partial charge >= 0.3 is 0 Å². The Morgan fingerprint density at radius 1 is 0.692 bits per heavy atom. The number of rotatable bonds is 10. The summed E-state index contributed by atoms with van der Waals surface area (Å²) in [5.41, 5.74) is 0. The van der Waals surface area contributed by atoms with Gasteiger partial charge in [0.1, 0.15) is 4.90 Å². The molecule has 0 fully saturated rings. The molecule has 0 aliphatic rings. The maximum Gasteiger partial charge on any atom is 0.295 e. The van der Waals surface area contributed by atoms with Crippen molar-refractivity contribution in [2.45, 2.75) is 83.0 Å². The quantitative estimate of drug-likeness (QED) is 0.357. The van der Waals surface area contributed by atoms with E-state index in [4.69, 9.17) is 4.55 Å². The molecule has 0 aromatic heterocycles. The minimum Gasteiger partial charge on any atom is -0.282 e. The molecule has 0 saturated carbocycles. The van der Waals surface area contributed by atoms with Gasteiger partial charge in [-0.1, -0.05) is 114 Å². The van der Waals surface area contributed by atoms with Crippen molar-refractivity contribution in [2.24, 2.45) is 0 Å². The highest BCUT2D eigenvalue weighted by Gasteiger charge is 2.12. The van der Waals surface area contributed by atoms with Gasteiger partial charge in [0, 0.05) is 5.39 Å². The van der Waals surface area contributed by atoms with Crippen LogP contribution in [0.25, 0.3) is 10.8 Å². The molecule has 0 atom stereocenters. The van der Waals surface area contributed by atoms with Gasteiger partial charge in [-0.25, -0.2) is 0 Å². The van der Waals surface area contributed by atoms with Crippen molar-refractivity contribution in [3.63, 3.8) is 0 Å². The number of fused-ring (bicyclic) bond motifs is 1. The van der Waals surface area contributed by atoms with E-state index in [1.807, 2.05) is 6.07 Å². The van der Waals surface area contributed by atoms with E-state index in [1.54, 1.807) is 30.3 Å². The van der Waals surface area contributed by atoms with E-state index in [1.165, 1.54) is 70.3 Å². The molecule has 2 rings (SSSR count). The Balaban J connectivity index is 0.000000265. The van der Waals surface area contributed by atoms with E-state index in [0.29, 0.717) is 5.39 Å². The van der Waals surface area contributed by atoms with Crippen molar-refractivity contribution in [3.8, 4) is 0 Å². The molecule has 1 N–H and O–H groups in total. The summed E-state index contributed by atoms with van der Waals surface area (Å²) < 4.78 is 31.0. The van der Waals surface area contributed by atoms with Crippen LogP contribution in [0, 0.1) is 0 Å². The van der Waals surface area contributed by atoms with Gasteiger partial charge in [-0.15, -0.1) is 0 Å². The van der Waals surface area contributed by atoms with Crippen LogP contribution < -0.4 is 0 Å². The van der Waals surface area contributed by atoms with Gasteiger partial charge in [-0.2, -0.15) is 8.42 Å². The summed E-state index contributed by atoms with van der Waals surface area (Å²) in [5.74, 6) is 0. The van der Waals surface area contributed by atoms with E-state index in [2.05, 4.69) is 13.8 Å². The van der Waals surface area contributed by atoms with Gasteiger partial charge in [-0.3, -0.25) is 4.55 Å². The van der Waals surface area contributed by atoms with Crippen LogP contribution in [0.2, 0.25) is 0 Å². The van der Waals surface area contributed by atoms with Gasteiger partial charge in [0.15, 0.2) is 0 Å². The molecule has 0 radical (unpaired) electrons. The lowest BCUT2D eigenvalue weighted by atomic mass is 10.1. The fourth-order valence-electron chi connectivity index (χ4n) is 2.98. The summed E-state index contributed by atoms with van der Waals surface area (Å²) in [5, 5.41) is 1.33. The second-order valence-electron chi connectivity index (χ2n) is 6.78. The number of unbranched alkanes of at least 4 members (excludes halogenated alkanes) is 9. The molecule has 0 aliphatic heterocycles. The van der Waals surface area contributed by atoms with E-state index >= 15 is 0 Å². The molecule has 2 aromatic carbocycles. The lowest BCUT2D eigenvalue weighted by molar-refractivity contribution is 0.484. The number of hydrogen-bond donors (Lipinski definition) is 1. The molecule has 0 saturated heterocycles. The molecule has 0 spiro atoms. The molecule has 0 aliphatic carbocycles. The zero-order chi connectivity index (χ0) is 19.3. The maximum absolute atomic E-state index is 11.0. The zero-order valence-corrected chi connectivity index (χ0v) is 17.1. The molecule has 2 aromatic rings. The Hall–Kier alpha value is -1.39. The molecule has 146 valence electrons. The van der Waals surface area contributed by atoms with Crippen molar-refractivity contribution in [2.75, 3.05) is 0 Å². The molecule has 4 heteroatoms. The predicted molar refractivity (Wildman–Crippen MR) is 111 cm³/mol. The highest BCUT2D eigenvalue weighted by molar-refractivity contribution is 7.86. The topological polar surface area (TPSA) is 54.4 Å². The van der Waals surface area contributed by atoms with Crippen molar-refractivity contribution in [1.82, 2.24) is 0 Å². The normalized spacial score (nSPS) is 11.2. The van der Waals surface area contributed by atoms with Gasteiger partial charge in [0.25, 0.3) is 10.1 Å². The lowest BCUT2D eigenvalue weighted by Crippen LogP contribution is -1.98. The molecular weight excluding hydrogens is 344 g/mol. The van der Waals surface area contributed by atoms with Gasteiger partial charge in [0.2, 0.25) is 0 Å².